The van der Waals surface area contributed by atoms with Crippen molar-refractivity contribution in [2.75, 3.05) is 19.7 Å². The summed E-state index contributed by atoms with van der Waals surface area (Å²) in [5.74, 6) is -0.409. The van der Waals surface area contributed by atoms with Crippen LogP contribution in [0, 0.1) is 12.8 Å². The van der Waals surface area contributed by atoms with E-state index in [0.717, 1.165) is 29.4 Å². The van der Waals surface area contributed by atoms with Crippen LogP contribution in [0.2, 0.25) is 0 Å². The van der Waals surface area contributed by atoms with Gasteiger partial charge in [-0.3, -0.25) is 9.59 Å². The van der Waals surface area contributed by atoms with Crippen LogP contribution in [0.3, 0.4) is 0 Å². The van der Waals surface area contributed by atoms with Gasteiger partial charge in [-0.25, -0.2) is 0 Å². The van der Waals surface area contributed by atoms with Crippen LogP contribution in [0.4, 0.5) is 0 Å². The Morgan fingerprint density at radius 1 is 1.35 bits per heavy atom. The lowest BCUT2D eigenvalue weighted by Gasteiger charge is -2.31. The van der Waals surface area contributed by atoms with Gasteiger partial charge in [-0.2, -0.15) is 0 Å². The zero-order valence-corrected chi connectivity index (χ0v) is 13.6. The molecule has 1 aliphatic rings. The highest BCUT2D eigenvalue weighted by molar-refractivity contribution is 6.08. The van der Waals surface area contributed by atoms with Crippen molar-refractivity contribution in [3.63, 3.8) is 0 Å². The molecular weight excluding hydrogens is 292 g/mol. The Morgan fingerprint density at radius 2 is 2.13 bits per heavy atom. The molecule has 122 valence electrons. The Hall–Kier alpha value is -2.30. The molecule has 2 heterocycles. The average Bonchev–Trinajstić information content (AvgIpc) is 2.90. The largest absolute Gasteiger partial charge is 0.466 e. The number of carbonyl (C=O) groups is 2. The van der Waals surface area contributed by atoms with Gasteiger partial charge in [0.05, 0.1) is 18.1 Å². The Kier molecular flexibility index (Phi) is 4.37. The lowest BCUT2D eigenvalue weighted by atomic mass is 9.97. The molecule has 0 unspecified atom stereocenters. The molecular formula is C18H22N2O3. The summed E-state index contributed by atoms with van der Waals surface area (Å²) in [6.45, 7) is 5.23. The molecule has 0 aliphatic carbocycles. The number of benzene rings is 1. The molecule has 1 aromatic heterocycles. The number of rotatable bonds is 3. The number of likely N-dealkylation sites (tertiary alicyclic amines) is 1. The van der Waals surface area contributed by atoms with E-state index in [9.17, 15) is 9.59 Å². The molecule has 1 amide bonds. The minimum Gasteiger partial charge on any atom is -0.466 e. The number of hydrogen-bond donors (Lipinski definition) is 1. The average molecular weight is 314 g/mol. The van der Waals surface area contributed by atoms with Gasteiger partial charge in [0.15, 0.2) is 0 Å². The Morgan fingerprint density at radius 3 is 2.91 bits per heavy atom. The maximum absolute atomic E-state index is 13.0. The SMILES string of the molecule is CCOC(=O)[C@H]1CCCN(C(=O)c2c(C)[nH]c3ccccc23)C1. The normalized spacial score (nSPS) is 18.2. The second-order valence-electron chi connectivity index (χ2n) is 6.01. The molecule has 0 bridgehead atoms. The lowest BCUT2D eigenvalue weighted by molar-refractivity contribution is -0.149. The third-order valence-corrected chi connectivity index (χ3v) is 4.44. The number of carbonyl (C=O) groups excluding carboxylic acids is 2. The van der Waals surface area contributed by atoms with E-state index in [1.54, 1.807) is 11.8 Å². The van der Waals surface area contributed by atoms with Crippen molar-refractivity contribution in [1.82, 2.24) is 9.88 Å². The summed E-state index contributed by atoms with van der Waals surface area (Å²) in [7, 11) is 0. The molecule has 0 saturated carbocycles. The zero-order chi connectivity index (χ0) is 16.4. The molecule has 5 heteroatoms. The first-order valence-electron chi connectivity index (χ1n) is 8.15. The van der Waals surface area contributed by atoms with Gasteiger partial charge in [-0.15, -0.1) is 0 Å². The summed E-state index contributed by atoms with van der Waals surface area (Å²) < 4.78 is 5.11. The molecule has 1 N–H and O–H groups in total. The first-order valence-corrected chi connectivity index (χ1v) is 8.15. The maximum Gasteiger partial charge on any atom is 0.310 e. The van der Waals surface area contributed by atoms with Crippen LogP contribution >= 0.6 is 0 Å². The van der Waals surface area contributed by atoms with Crippen LogP contribution in [0.5, 0.6) is 0 Å². The summed E-state index contributed by atoms with van der Waals surface area (Å²) >= 11 is 0. The second-order valence-corrected chi connectivity index (χ2v) is 6.01. The summed E-state index contributed by atoms with van der Waals surface area (Å²) in [6.07, 6.45) is 1.62. The number of amides is 1. The number of aryl methyl sites for hydroxylation is 1. The Labute approximate surface area is 135 Å². The topological polar surface area (TPSA) is 62.4 Å². The van der Waals surface area contributed by atoms with Gasteiger partial charge in [0.25, 0.3) is 5.91 Å². The monoisotopic (exact) mass is 314 g/mol. The van der Waals surface area contributed by atoms with Gasteiger partial charge < -0.3 is 14.6 Å². The number of aromatic amines is 1. The predicted octanol–water partition coefficient (Wildman–Crippen LogP) is 2.89. The molecule has 1 atom stereocenters. The molecule has 23 heavy (non-hydrogen) atoms. The molecule has 1 aliphatic heterocycles. The molecule has 3 rings (SSSR count). The first kappa shape index (κ1) is 15.6. The van der Waals surface area contributed by atoms with Gasteiger partial charge in [0.2, 0.25) is 0 Å². The van der Waals surface area contributed by atoms with E-state index in [1.165, 1.54) is 0 Å². The minimum absolute atomic E-state index is 0.00560. The zero-order valence-electron chi connectivity index (χ0n) is 13.6. The smallest absolute Gasteiger partial charge is 0.310 e. The third kappa shape index (κ3) is 2.96. The van der Waals surface area contributed by atoms with Gasteiger partial charge in [-0.05, 0) is 32.8 Å². The van der Waals surface area contributed by atoms with E-state index in [1.807, 2.05) is 31.2 Å². The Bertz CT molecular complexity index is 735. The summed E-state index contributed by atoms with van der Waals surface area (Å²) in [4.78, 5) is 30.0. The summed E-state index contributed by atoms with van der Waals surface area (Å²) in [5.41, 5.74) is 2.55. The number of esters is 1. The standard InChI is InChI=1S/C18H22N2O3/c1-3-23-18(22)13-7-6-10-20(11-13)17(21)16-12(2)19-15-9-5-4-8-14(15)16/h4-5,8-9,13,19H,3,6-7,10-11H2,1-2H3/t13-/m0/s1. The molecule has 2 aromatic rings. The number of ether oxygens (including phenoxy) is 1. The van der Waals surface area contributed by atoms with Crippen LogP contribution in [0.1, 0.15) is 35.8 Å². The van der Waals surface area contributed by atoms with Crippen LogP contribution in [-0.4, -0.2) is 41.5 Å². The van der Waals surface area contributed by atoms with Crippen molar-refractivity contribution in [1.29, 1.82) is 0 Å². The lowest BCUT2D eigenvalue weighted by Crippen LogP contribution is -2.43. The number of fused-ring (bicyclic) bond motifs is 1. The van der Waals surface area contributed by atoms with Gasteiger partial charge in [-0.1, -0.05) is 18.2 Å². The van der Waals surface area contributed by atoms with E-state index in [2.05, 4.69) is 4.98 Å². The molecule has 1 aromatic carbocycles. The highest BCUT2D eigenvalue weighted by Gasteiger charge is 2.31. The van der Waals surface area contributed by atoms with Crippen LogP contribution in [-0.2, 0) is 9.53 Å². The molecule has 1 fully saturated rings. The number of aromatic nitrogens is 1. The number of piperidine rings is 1. The molecule has 1 saturated heterocycles. The number of nitrogens with one attached hydrogen (secondary N) is 1. The van der Waals surface area contributed by atoms with Crippen molar-refractivity contribution in [3.8, 4) is 0 Å². The van der Waals surface area contributed by atoms with Crippen molar-refractivity contribution >= 4 is 22.8 Å². The van der Waals surface area contributed by atoms with Crippen LogP contribution in [0.25, 0.3) is 10.9 Å². The van der Waals surface area contributed by atoms with E-state index in [-0.39, 0.29) is 17.8 Å². The predicted molar refractivity (Wildman–Crippen MR) is 88.3 cm³/mol. The fourth-order valence-corrected chi connectivity index (χ4v) is 3.32. The van der Waals surface area contributed by atoms with E-state index in [0.29, 0.717) is 25.3 Å². The fourth-order valence-electron chi connectivity index (χ4n) is 3.32. The third-order valence-electron chi connectivity index (χ3n) is 4.44. The number of para-hydroxylation sites is 1. The minimum atomic E-state index is -0.210. The van der Waals surface area contributed by atoms with E-state index >= 15 is 0 Å². The van der Waals surface area contributed by atoms with Crippen molar-refractivity contribution in [2.24, 2.45) is 5.92 Å². The molecule has 5 nitrogen and oxygen atoms in total. The maximum atomic E-state index is 13.0. The van der Waals surface area contributed by atoms with E-state index in [4.69, 9.17) is 4.74 Å². The van der Waals surface area contributed by atoms with Crippen molar-refractivity contribution < 1.29 is 14.3 Å². The fraction of sp³-hybridized carbons (Fsp3) is 0.444. The second kappa shape index (κ2) is 6.44. The van der Waals surface area contributed by atoms with Crippen LogP contribution in [0.15, 0.2) is 24.3 Å². The highest BCUT2D eigenvalue weighted by atomic mass is 16.5. The first-order chi connectivity index (χ1) is 11.1. The molecule has 0 radical (unpaired) electrons. The number of H-pyrrole nitrogens is 1. The quantitative estimate of drug-likeness (QED) is 0.886. The molecule has 0 spiro atoms. The summed E-state index contributed by atoms with van der Waals surface area (Å²) in [6, 6.07) is 7.81. The van der Waals surface area contributed by atoms with Crippen LogP contribution < -0.4 is 0 Å². The van der Waals surface area contributed by atoms with Gasteiger partial charge >= 0.3 is 5.97 Å². The van der Waals surface area contributed by atoms with Crippen molar-refractivity contribution in [2.45, 2.75) is 26.7 Å². The number of hydrogen-bond acceptors (Lipinski definition) is 3. The van der Waals surface area contributed by atoms with Crippen molar-refractivity contribution in [3.05, 3.63) is 35.5 Å². The highest BCUT2D eigenvalue weighted by Crippen LogP contribution is 2.26. The summed E-state index contributed by atoms with van der Waals surface area (Å²) in [5, 5.41) is 0.938. The Balaban J connectivity index is 1.84. The van der Waals surface area contributed by atoms with Gasteiger partial charge in [0, 0.05) is 29.7 Å². The van der Waals surface area contributed by atoms with Gasteiger partial charge in [0.1, 0.15) is 0 Å². The number of nitrogens with zero attached hydrogens (tertiary/aromatic N) is 1. The van der Waals surface area contributed by atoms with E-state index < -0.39 is 0 Å².